The highest BCUT2D eigenvalue weighted by Gasteiger charge is 2.27. The molecule has 2 heterocycles. The number of rotatable bonds is 2. The molecule has 0 saturated carbocycles. The maximum Gasteiger partial charge on any atom is 0.223 e. The second-order valence-electron chi connectivity index (χ2n) is 4.11. The standard InChI is InChI=1S/C12H16N2O/c1-3-11-5-4-9(7-13-11)10-6-12(15)14(2)8-10/h4-5,7,10H,3,6,8H2,1-2H3. The van der Waals surface area contributed by atoms with E-state index in [9.17, 15) is 4.79 Å². The van der Waals surface area contributed by atoms with Crippen LogP contribution in [0.25, 0.3) is 0 Å². The largest absolute Gasteiger partial charge is 0.345 e. The maximum absolute atomic E-state index is 11.4. The molecule has 0 aromatic carbocycles. The molecule has 3 nitrogen and oxygen atoms in total. The van der Waals surface area contributed by atoms with Crippen molar-refractivity contribution < 1.29 is 4.79 Å². The summed E-state index contributed by atoms with van der Waals surface area (Å²) in [4.78, 5) is 17.5. The van der Waals surface area contributed by atoms with Crippen molar-refractivity contribution in [1.29, 1.82) is 0 Å². The van der Waals surface area contributed by atoms with Crippen LogP contribution in [0.2, 0.25) is 0 Å². The molecule has 1 aromatic rings. The number of hydrogen-bond acceptors (Lipinski definition) is 2. The summed E-state index contributed by atoms with van der Waals surface area (Å²) in [6.45, 7) is 2.92. The number of amides is 1. The Kier molecular flexibility index (Phi) is 2.71. The third-order valence-corrected chi connectivity index (χ3v) is 3.02. The van der Waals surface area contributed by atoms with Gasteiger partial charge in [0.15, 0.2) is 0 Å². The van der Waals surface area contributed by atoms with Gasteiger partial charge >= 0.3 is 0 Å². The van der Waals surface area contributed by atoms with Crippen LogP contribution in [0.4, 0.5) is 0 Å². The quantitative estimate of drug-likeness (QED) is 0.733. The molecule has 0 spiro atoms. The van der Waals surface area contributed by atoms with Gasteiger partial charge in [0.2, 0.25) is 5.91 Å². The SMILES string of the molecule is CCc1ccc(C2CC(=O)N(C)C2)cn1. The molecule has 3 heteroatoms. The average Bonchev–Trinajstić information content (AvgIpc) is 2.59. The highest BCUT2D eigenvalue weighted by Crippen LogP contribution is 2.26. The highest BCUT2D eigenvalue weighted by molar-refractivity contribution is 5.79. The molecule has 1 atom stereocenters. The fraction of sp³-hybridized carbons (Fsp3) is 0.500. The lowest BCUT2D eigenvalue weighted by molar-refractivity contribution is -0.126. The van der Waals surface area contributed by atoms with E-state index in [-0.39, 0.29) is 5.91 Å². The summed E-state index contributed by atoms with van der Waals surface area (Å²) in [5.74, 6) is 0.570. The van der Waals surface area contributed by atoms with E-state index in [0.717, 1.165) is 18.7 Å². The summed E-state index contributed by atoms with van der Waals surface area (Å²) in [6, 6.07) is 4.15. The Bertz CT molecular complexity index is 358. The summed E-state index contributed by atoms with van der Waals surface area (Å²) < 4.78 is 0. The second kappa shape index (κ2) is 4.01. The third-order valence-electron chi connectivity index (χ3n) is 3.02. The van der Waals surface area contributed by atoms with Crippen molar-refractivity contribution in [2.24, 2.45) is 0 Å². The molecule has 0 N–H and O–H groups in total. The van der Waals surface area contributed by atoms with Gasteiger partial charge in [0.25, 0.3) is 0 Å². The number of likely N-dealkylation sites (tertiary alicyclic amines) is 1. The van der Waals surface area contributed by atoms with E-state index in [4.69, 9.17) is 0 Å². The van der Waals surface area contributed by atoms with Crippen molar-refractivity contribution in [1.82, 2.24) is 9.88 Å². The van der Waals surface area contributed by atoms with Crippen LogP contribution in [0.15, 0.2) is 18.3 Å². The van der Waals surface area contributed by atoms with Crippen molar-refractivity contribution in [3.05, 3.63) is 29.6 Å². The Morgan fingerprint density at radius 2 is 2.33 bits per heavy atom. The van der Waals surface area contributed by atoms with Crippen LogP contribution in [0.3, 0.4) is 0 Å². The second-order valence-corrected chi connectivity index (χ2v) is 4.11. The molecule has 1 amide bonds. The predicted octanol–water partition coefficient (Wildman–Crippen LogP) is 1.59. The molecule has 2 rings (SSSR count). The molecule has 1 aliphatic heterocycles. The molecular weight excluding hydrogens is 188 g/mol. The van der Waals surface area contributed by atoms with E-state index in [1.54, 1.807) is 4.90 Å². The highest BCUT2D eigenvalue weighted by atomic mass is 16.2. The number of aromatic nitrogens is 1. The number of hydrogen-bond donors (Lipinski definition) is 0. The monoisotopic (exact) mass is 204 g/mol. The smallest absolute Gasteiger partial charge is 0.223 e. The Labute approximate surface area is 90.1 Å². The molecular formula is C12H16N2O. The van der Waals surface area contributed by atoms with Crippen molar-refractivity contribution in [2.45, 2.75) is 25.7 Å². The van der Waals surface area contributed by atoms with E-state index in [2.05, 4.69) is 24.0 Å². The van der Waals surface area contributed by atoms with Crippen molar-refractivity contribution in [3.8, 4) is 0 Å². The molecule has 0 radical (unpaired) electrons. The zero-order valence-electron chi connectivity index (χ0n) is 9.23. The minimum Gasteiger partial charge on any atom is -0.345 e. The van der Waals surface area contributed by atoms with Crippen LogP contribution in [-0.4, -0.2) is 29.4 Å². The lowest BCUT2D eigenvalue weighted by Crippen LogP contribution is -2.18. The van der Waals surface area contributed by atoms with E-state index in [1.165, 1.54) is 5.56 Å². The fourth-order valence-corrected chi connectivity index (χ4v) is 1.97. The van der Waals surface area contributed by atoms with Gasteiger partial charge in [0.1, 0.15) is 0 Å². The number of likely N-dealkylation sites (N-methyl/N-ethyl adjacent to an activating group) is 1. The number of aryl methyl sites for hydroxylation is 1. The van der Waals surface area contributed by atoms with Gasteiger partial charge < -0.3 is 4.90 Å². The Morgan fingerprint density at radius 1 is 1.53 bits per heavy atom. The van der Waals surface area contributed by atoms with Gasteiger partial charge in [-0.3, -0.25) is 9.78 Å². The first-order chi connectivity index (χ1) is 7.20. The van der Waals surface area contributed by atoms with Crippen molar-refractivity contribution in [2.75, 3.05) is 13.6 Å². The van der Waals surface area contributed by atoms with Gasteiger partial charge in [-0.1, -0.05) is 13.0 Å². The Morgan fingerprint density at radius 3 is 2.80 bits per heavy atom. The first kappa shape index (κ1) is 10.1. The van der Waals surface area contributed by atoms with E-state index in [1.807, 2.05) is 13.2 Å². The molecule has 1 aromatic heterocycles. The van der Waals surface area contributed by atoms with Gasteiger partial charge in [0.05, 0.1) is 0 Å². The molecule has 1 unspecified atom stereocenters. The fourth-order valence-electron chi connectivity index (χ4n) is 1.97. The van der Waals surface area contributed by atoms with Crippen LogP contribution in [0.1, 0.15) is 30.5 Å². The first-order valence-corrected chi connectivity index (χ1v) is 5.39. The van der Waals surface area contributed by atoms with Crippen LogP contribution in [0, 0.1) is 0 Å². The average molecular weight is 204 g/mol. The number of carbonyl (C=O) groups excluding carboxylic acids is 1. The minimum absolute atomic E-state index is 0.236. The Balaban J connectivity index is 2.13. The number of carbonyl (C=O) groups is 1. The van der Waals surface area contributed by atoms with E-state index >= 15 is 0 Å². The van der Waals surface area contributed by atoms with Gasteiger partial charge in [-0.05, 0) is 18.1 Å². The first-order valence-electron chi connectivity index (χ1n) is 5.39. The molecule has 1 saturated heterocycles. The predicted molar refractivity (Wildman–Crippen MR) is 58.6 cm³/mol. The van der Waals surface area contributed by atoms with Crippen molar-refractivity contribution >= 4 is 5.91 Å². The molecule has 0 aliphatic carbocycles. The van der Waals surface area contributed by atoms with Crippen LogP contribution in [0.5, 0.6) is 0 Å². The topological polar surface area (TPSA) is 33.2 Å². The van der Waals surface area contributed by atoms with Gasteiger partial charge in [0, 0.05) is 37.8 Å². The third kappa shape index (κ3) is 2.01. The number of nitrogens with zero attached hydrogens (tertiary/aromatic N) is 2. The lowest BCUT2D eigenvalue weighted by Gasteiger charge is -2.10. The lowest BCUT2D eigenvalue weighted by atomic mass is 10.00. The summed E-state index contributed by atoms with van der Waals surface area (Å²) in [6.07, 6.45) is 3.50. The van der Waals surface area contributed by atoms with Gasteiger partial charge in [-0.2, -0.15) is 0 Å². The van der Waals surface area contributed by atoms with Crippen LogP contribution >= 0.6 is 0 Å². The molecule has 80 valence electrons. The maximum atomic E-state index is 11.4. The van der Waals surface area contributed by atoms with Crippen LogP contribution < -0.4 is 0 Å². The zero-order valence-corrected chi connectivity index (χ0v) is 9.23. The summed E-state index contributed by atoms with van der Waals surface area (Å²) in [7, 11) is 1.86. The summed E-state index contributed by atoms with van der Waals surface area (Å²) in [5, 5.41) is 0. The van der Waals surface area contributed by atoms with Crippen LogP contribution in [-0.2, 0) is 11.2 Å². The molecule has 15 heavy (non-hydrogen) atoms. The molecule has 1 aliphatic rings. The Hall–Kier alpha value is -1.38. The minimum atomic E-state index is 0.236. The van der Waals surface area contributed by atoms with Gasteiger partial charge in [-0.25, -0.2) is 0 Å². The molecule has 1 fully saturated rings. The van der Waals surface area contributed by atoms with E-state index < -0.39 is 0 Å². The van der Waals surface area contributed by atoms with Crippen molar-refractivity contribution in [3.63, 3.8) is 0 Å². The van der Waals surface area contributed by atoms with Gasteiger partial charge in [-0.15, -0.1) is 0 Å². The summed E-state index contributed by atoms with van der Waals surface area (Å²) >= 11 is 0. The summed E-state index contributed by atoms with van der Waals surface area (Å²) in [5.41, 5.74) is 2.29. The molecule has 0 bridgehead atoms. The zero-order chi connectivity index (χ0) is 10.8. The van der Waals surface area contributed by atoms with E-state index in [0.29, 0.717) is 12.3 Å². The number of pyridine rings is 1. The normalized spacial score (nSPS) is 21.1.